The fraction of sp³-hybridized carbons (Fsp3) is 0.375. The number of sulfonamides is 1. The quantitative estimate of drug-likeness (QED) is 0.343. The highest BCUT2D eigenvalue weighted by Crippen LogP contribution is 2.27. The molecule has 0 heterocycles. The van der Waals surface area contributed by atoms with Gasteiger partial charge < -0.3 is 10.2 Å². The maximum Gasteiger partial charge on any atom is 0.264 e. The van der Waals surface area contributed by atoms with Gasteiger partial charge in [0.2, 0.25) is 11.8 Å². The van der Waals surface area contributed by atoms with Gasteiger partial charge >= 0.3 is 0 Å². The van der Waals surface area contributed by atoms with Crippen LogP contribution < -0.4 is 9.62 Å². The van der Waals surface area contributed by atoms with Crippen molar-refractivity contribution in [2.45, 2.75) is 65.9 Å². The summed E-state index contributed by atoms with van der Waals surface area (Å²) in [4.78, 5) is 28.7. The Kier molecular flexibility index (Phi) is 10.1. The van der Waals surface area contributed by atoms with Crippen molar-refractivity contribution in [2.24, 2.45) is 5.92 Å². The zero-order chi connectivity index (χ0) is 29.6. The van der Waals surface area contributed by atoms with Crippen molar-refractivity contribution < 1.29 is 18.0 Å². The van der Waals surface area contributed by atoms with Gasteiger partial charge in [0, 0.05) is 13.1 Å². The molecule has 3 aromatic rings. The van der Waals surface area contributed by atoms with E-state index < -0.39 is 28.5 Å². The number of rotatable bonds is 11. The molecule has 8 heteroatoms. The molecule has 0 aliphatic rings. The molecular weight excluding hydrogens is 522 g/mol. The van der Waals surface area contributed by atoms with E-state index in [-0.39, 0.29) is 23.3 Å². The molecule has 0 bridgehead atoms. The molecule has 2 amide bonds. The number of benzene rings is 3. The van der Waals surface area contributed by atoms with Gasteiger partial charge in [0.1, 0.15) is 12.6 Å². The van der Waals surface area contributed by atoms with Crippen molar-refractivity contribution in [3.63, 3.8) is 0 Å². The predicted molar refractivity (Wildman–Crippen MR) is 161 cm³/mol. The molecule has 0 aromatic heterocycles. The molecule has 7 nitrogen and oxygen atoms in total. The minimum absolute atomic E-state index is 0.0954. The van der Waals surface area contributed by atoms with E-state index in [0.717, 1.165) is 32.1 Å². The largest absolute Gasteiger partial charge is 0.354 e. The van der Waals surface area contributed by atoms with Crippen LogP contribution in [0.4, 0.5) is 5.69 Å². The van der Waals surface area contributed by atoms with Crippen LogP contribution in [-0.2, 0) is 26.2 Å². The number of carbonyl (C=O) groups is 2. The summed E-state index contributed by atoms with van der Waals surface area (Å²) in [7, 11) is -4.09. The highest BCUT2D eigenvalue weighted by atomic mass is 32.2. The predicted octanol–water partition coefficient (Wildman–Crippen LogP) is 5.31. The third kappa shape index (κ3) is 7.94. The van der Waals surface area contributed by atoms with E-state index in [0.29, 0.717) is 12.2 Å². The summed E-state index contributed by atoms with van der Waals surface area (Å²) in [5.41, 5.74) is 4.98. The summed E-state index contributed by atoms with van der Waals surface area (Å²) in [5.74, 6) is -0.505. The lowest BCUT2D eigenvalue weighted by atomic mass is 10.1. The third-order valence-electron chi connectivity index (χ3n) is 6.67. The zero-order valence-corrected chi connectivity index (χ0v) is 25.4. The van der Waals surface area contributed by atoms with Crippen LogP contribution >= 0.6 is 0 Å². The van der Waals surface area contributed by atoms with Gasteiger partial charge in [-0.2, -0.15) is 0 Å². The summed E-state index contributed by atoms with van der Waals surface area (Å²) in [5, 5.41) is 2.91. The van der Waals surface area contributed by atoms with Crippen LogP contribution in [0.5, 0.6) is 0 Å². The van der Waals surface area contributed by atoms with Crippen molar-refractivity contribution >= 4 is 27.5 Å². The first-order valence-electron chi connectivity index (χ1n) is 13.6. The van der Waals surface area contributed by atoms with Gasteiger partial charge in [0.15, 0.2) is 0 Å². The number of aryl methyl sites for hydroxylation is 4. The van der Waals surface area contributed by atoms with E-state index in [1.54, 1.807) is 43.3 Å². The van der Waals surface area contributed by atoms with Gasteiger partial charge in [-0.15, -0.1) is 0 Å². The molecule has 1 N–H and O–H groups in total. The second kappa shape index (κ2) is 13.1. The summed E-state index contributed by atoms with van der Waals surface area (Å²) in [6.07, 6.45) is 0. The monoisotopic (exact) mass is 563 g/mol. The Hall–Kier alpha value is -3.65. The molecule has 0 saturated carbocycles. The Labute approximate surface area is 239 Å². The van der Waals surface area contributed by atoms with E-state index in [9.17, 15) is 18.0 Å². The normalized spacial score (nSPS) is 12.2. The smallest absolute Gasteiger partial charge is 0.264 e. The molecular formula is C32H41N3O4S. The molecule has 3 aromatic carbocycles. The van der Waals surface area contributed by atoms with Crippen LogP contribution in [0, 0.1) is 33.6 Å². The number of carbonyl (C=O) groups excluding carboxylic acids is 2. The van der Waals surface area contributed by atoms with Crippen molar-refractivity contribution in [3.8, 4) is 0 Å². The number of anilines is 1. The Bertz CT molecular complexity index is 1430. The van der Waals surface area contributed by atoms with Crippen LogP contribution in [0.25, 0.3) is 0 Å². The van der Waals surface area contributed by atoms with Crippen LogP contribution in [0.2, 0.25) is 0 Å². The minimum atomic E-state index is -4.09. The first-order valence-corrected chi connectivity index (χ1v) is 15.0. The second-order valence-electron chi connectivity index (χ2n) is 11.0. The Morgan fingerprint density at radius 2 is 1.43 bits per heavy atom. The first-order chi connectivity index (χ1) is 18.8. The maximum atomic E-state index is 14.0. The average molecular weight is 564 g/mol. The molecule has 1 atom stereocenters. The molecule has 214 valence electrons. The van der Waals surface area contributed by atoms with Gasteiger partial charge in [0.25, 0.3) is 10.0 Å². The van der Waals surface area contributed by atoms with E-state index >= 15 is 0 Å². The van der Waals surface area contributed by atoms with Gasteiger partial charge in [-0.25, -0.2) is 8.42 Å². The fourth-order valence-electron chi connectivity index (χ4n) is 4.50. The summed E-state index contributed by atoms with van der Waals surface area (Å²) < 4.78 is 29.1. The molecule has 1 unspecified atom stereocenters. The first kappa shape index (κ1) is 30.9. The number of hydrogen-bond donors (Lipinski definition) is 1. The van der Waals surface area contributed by atoms with Gasteiger partial charge in [0.05, 0.1) is 10.6 Å². The summed E-state index contributed by atoms with van der Waals surface area (Å²) in [6.45, 7) is 13.5. The van der Waals surface area contributed by atoms with Crippen molar-refractivity contribution in [1.82, 2.24) is 10.2 Å². The lowest BCUT2D eigenvalue weighted by Gasteiger charge is -2.32. The number of amides is 2. The van der Waals surface area contributed by atoms with E-state index in [4.69, 9.17) is 0 Å². The highest BCUT2D eigenvalue weighted by molar-refractivity contribution is 7.92. The molecule has 0 saturated heterocycles. The minimum Gasteiger partial charge on any atom is -0.354 e. The number of nitrogens with one attached hydrogen (secondary N) is 1. The average Bonchev–Trinajstić information content (AvgIpc) is 2.88. The van der Waals surface area contributed by atoms with E-state index in [1.165, 1.54) is 4.90 Å². The van der Waals surface area contributed by atoms with E-state index in [1.807, 2.05) is 71.9 Å². The highest BCUT2D eigenvalue weighted by Gasteiger charge is 2.32. The molecule has 3 rings (SSSR count). The third-order valence-corrected chi connectivity index (χ3v) is 8.46. The summed E-state index contributed by atoms with van der Waals surface area (Å²) in [6, 6.07) is 19.0. The van der Waals surface area contributed by atoms with Gasteiger partial charge in [-0.1, -0.05) is 67.4 Å². The van der Waals surface area contributed by atoms with Gasteiger partial charge in [-0.05, 0) is 81.5 Å². The Balaban J connectivity index is 2.05. The molecule has 40 heavy (non-hydrogen) atoms. The molecule has 0 aliphatic carbocycles. The number of hydrogen-bond acceptors (Lipinski definition) is 4. The molecule has 0 aliphatic heterocycles. The SMILES string of the molecule is Cc1ccc(S(=O)(=O)N(CC(=O)N(Cc2cccc(C)c2)C(C)C(=O)NCC(C)C)c2cc(C)cc(C)c2)cc1. The topological polar surface area (TPSA) is 86.8 Å². The molecule has 0 spiro atoms. The van der Waals surface area contributed by atoms with Crippen molar-refractivity contribution in [3.05, 3.63) is 94.5 Å². The lowest BCUT2D eigenvalue weighted by Crippen LogP contribution is -2.51. The Morgan fingerprint density at radius 3 is 2.00 bits per heavy atom. The van der Waals surface area contributed by atoms with E-state index in [2.05, 4.69) is 5.32 Å². The standard InChI is InChI=1S/C32H41N3O4S/c1-22(2)19-33-32(37)27(7)34(20-28-10-8-9-24(4)16-28)31(36)21-35(29-17-25(5)15-26(6)18-29)40(38,39)30-13-11-23(3)12-14-30/h8-18,22,27H,19-21H2,1-7H3,(H,33,37). The van der Waals surface area contributed by atoms with Gasteiger partial charge in [-0.3, -0.25) is 13.9 Å². The van der Waals surface area contributed by atoms with Crippen molar-refractivity contribution in [2.75, 3.05) is 17.4 Å². The zero-order valence-electron chi connectivity index (χ0n) is 24.6. The Morgan fingerprint density at radius 1 is 0.800 bits per heavy atom. The maximum absolute atomic E-state index is 14.0. The lowest BCUT2D eigenvalue weighted by molar-refractivity contribution is -0.139. The fourth-order valence-corrected chi connectivity index (χ4v) is 5.90. The second-order valence-corrected chi connectivity index (χ2v) is 12.9. The summed E-state index contributed by atoms with van der Waals surface area (Å²) >= 11 is 0. The van der Waals surface area contributed by atoms with Crippen molar-refractivity contribution in [1.29, 1.82) is 0 Å². The molecule has 0 fully saturated rings. The number of nitrogens with zero attached hydrogens (tertiary/aromatic N) is 2. The molecule has 0 radical (unpaired) electrons. The van der Waals surface area contributed by atoms with Crippen LogP contribution in [0.3, 0.4) is 0 Å². The van der Waals surface area contributed by atoms with Crippen LogP contribution in [0.15, 0.2) is 71.6 Å². The van der Waals surface area contributed by atoms with Crippen LogP contribution in [0.1, 0.15) is 48.6 Å². The van der Waals surface area contributed by atoms with Crippen LogP contribution in [-0.4, -0.2) is 44.3 Å².